The Morgan fingerprint density at radius 2 is 2.23 bits per heavy atom. The van der Waals surface area contributed by atoms with E-state index in [-0.39, 0.29) is 0 Å². The minimum Gasteiger partial charge on any atom is -0.371 e. The van der Waals surface area contributed by atoms with Gasteiger partial charge < -0.3 is 5.32 Å². The zero-order valence-electron chi connectivity index (χ0n) is 8.97. The average Bonchev–Trinajstić information content (AvgIpc) is 2.19. The summed E-state index contributed by atoms with van der Waals surface area (Å²) < 4.78 is 0. The molecule has 1 N–H and O–H groups in total. The zero-order chi connectivity index (χ0) is 9.52. The Balaban J connectivity index is 2.31. The van der Waals surface area contributed by atoms with E-state index < -0.39 is 0 Å². The van der Waals surface area contributed by atoms with Crippen LogP contribution < -0.4 is 5.32 Å². The standard InChI is InChI=1S/C11H22N2/c1-3-7-10(4-2)13-11-8-5-6-9-12-11/h10H,3-9H2,1-2H3,(H,12,13). The monoisotopic (exact) mass is 182 g/mol. The number of rotatable bonds is 4. The van der Waals surface area contributed by atoms with Gasteiger partial charge in [0.25, 0.3) is 0 Å². The molecule has 0 aliphatic carbocycles. The fourth-order valence-corrected chi connectivity index (χ4v) is 1.78. The van der Waals surface area contributed by atoms with E-state index in [4.69, 9.17) is 0 Å². The van der Waals surface area contributed by atoms with Crippen molar-refractivity contribution in [2.45, 2.75) is 58.4 Å². The van der Waals surface area contributed by atoms with Gasteiger partial charge in [-0.25, -0.2) is 0 Å². The molecule has 0 saturated carbocycles. The van der Waals surface area contributed by atoms with Crippen molar-refractivity contribution in [3.8, 4) is 0 Å². The summed E-state index contributed by atoms with van der Waals surface area (Å²) in [5, 5.41) is 3.56. The molecule has 0 aromatic rings. The SMILES string of the molecule is CCCC(CC)NC1=NCCCC1. The lowest BCUT2D eigenvalue weighted by atomic mass is 10.1. The third kappa shape index (κ3) is 3.79. The molecule has 0 bridgehead atoms. The zero-order valence-corrected chi connectivity index (χ0v) is 8.97. The van der Waals surface area contributed by atoms with E-state index in [0.29, 0.717) is 6.04 Å². The van der Waals surface area contributed by atoms with E-state index in [1.165, 1.54) is 44.4 Å². The summed E-state index contributed by atoms with van der Waals surface area (Å²) in [5.41, 5.74) is 0. The first-order valence-corrected chi connectivity index (χ1v) is 5.66. The van der Waals surface area contributed by atoms with Crippen LogP contribution in [0.5, 0.6) is 0 Å². The minimum absolute atomic E-state index is 0.654. The molecule has 0 saturated heterocycles. The number of nitrogens with zero attached hydrogens (tertiary/aromatic N) is 1. The second kappa shape index (κ2) is 6.01. The van der Waals surface area contributed by atoms with Crippen LogP contribution in [0.4, 0.5) is 0 Å². The first kappa shape index (κ1) is 10.6. The van der Waals surface area contributed by atoms with Crippen molar-refractivity contribution < 1.29 is 0 Å². The van der Waals surface area contributed by atoms with Gasteiger partial charge in [0.1, 0.15) is 0 Å². The van der Waals surface area contributed by atoms with Gasteiger partial charge in [-0.1, -0.05) is 20.3 Å². The van der Waals surface area contributed by atoms with Crippen molar-refractivity contribution in [1.82, 2.24) is 5.32 Å². The van der Waals surface area contributed by atoms with Crippen LogP contribution in [0.1, 0.15) is 52.4 Å². The number of hydrogen-bond acceptors (Lipinski definition) is 2. The molecule has 1 atom stereocenters. The molecular formula is C11H22N2. The summed E-state index contributed by atoms with van der Waals surface area (Å²) in [6.07, 6.45) is 7.51. The molecule has 1 heterocycles. The van der Waals surface area contributed by atoms with Gasteiger partial charge in [0.05, 0.1) is 5.84 Å². The molecule has 0 aromatic carbocycles. The summed E-state index contributed by atoms with van der Waals surface area (Å²) in [6, 6.07) is 0.654. The molecule has 13 heavy (non-hydrogen) atoms. The van der Waals surface area contributed by atoms with Crippen LogP contribution in [0.25, 0.3) is 0 Å². The Bertz CT molecular complexity index is 163. The van der Waals surface area contributed by atoms with Crippen LogP contribution in [0, 0.1) is 0 Å². The van der Waals surface area contributed by atoms with E-state index in [1.807, 2.05) is 0 Å². The predicted octanol–water partition coefficient (Wildman–Crippen LogP) is 2.74. The van der Waals surface area contributed by atoms with Crippen LogP contribution in [0.2, 0.25) is 0 Å². The number of hydrogen-bond donors (Lipinski definition) is 1. The maximum atomic E-state index is 4.50. The van der Waals surface area contributed by atoms with E-state index in [1.54, 1.807) is 0 Å². The molecule has 0 aromatic heterocycles. The topological polar surface area (TPSA) is 24.4 Å². The van der Waals surface area contributed by atoms with Crippen molar-refractivity contribution in [3.05, 3.63) is 0 Å². The van der Waals surface area contributed by atoms with E-state index in [9.17, 15) is 0 Å². The summed E-state index contributed by atoms with van der Waals surface area (Å²) >= 11 is 0. The first-order valence-electron chi connectivity index (χ1n) is 5.66. The van der Waals surface area contributed by atoms with Gasteiger partial charge in [-0.05, 0) is 25.7 Å². The highest BCUT2D eigenvalue weighted by Crippen LogP contribution is 2.07. The van der Waals surface area contributed by atoms with Crippen molar-refractivity contribution in [1.29, 1.82) is 0 Å². The molecule has 76 valence electrons. The van der Waals surface area contributed by atoms with Gasteiger partial charge in [-0.3, -0.25) is 4.99 Å². The lowest BCUT2D eigenvalue weighted by Gasteiger charge is -2.21. The maximum absolute atomic E-state index is 4.50. The Kier molecular flexibility index (Phi) is 4.87. The van der Waals surface area contributed by atoms with Gasteiger partial charge in [0, 0.05) is 19.0 Å². The summed E-state index contributed by atoms with van der Waals surface area (Å²) in [7, 11) is 0. The van der Waals surface area contributed by atoms with Crippen molar-refractivity contribution >= 4 is 5.84 Å². The summed E-state index contributed by atoms with van der Waals surface area (Å²) in [5.74, 6) is 1.26. The molecule has 2 heteroatoms. The predicted molar refractivity (Wildman–Crippen MR) is 58.3 cm³/mol. The van der Waals surface area contributed by atoms with Gasteiger partial charge in [0.15, 0.2) is 0 Å². The van der Waals surface area contributed by atoms with Crippen molar-refractivity contribution in [2.75, 3.05) is 6.54 Å². The molecule has 1 aliphatic rings. The van der Waals surface area contributed by atoms with Crippen LogP contribution in [-0.4, -0.2) is 18.4 Å². The maximum Gasteiger partial charge on any atom is 0.0965 e. The third-order valence-corrected chi connectivity index (χ3v) is 2.63. The van der Waals surface area contributed by atoms with E-state index in [0.717, 1.165) is 6.54 Å². The first-order chi connectivity index (χ1) is 6.36. The Morgan fingerprint density at radius 3 is 2.77 bits per heavy atom. The molecular weight excluding hydrogens is 160 g/mol. The third-order valence-electron chi connectivity index (χ3n) is 2.63. The van der Waals surface area contributed by atoms with Gasteiger partial charge in [-0.15, -0.1) is 0 Å². The fraction of sp³-hybridized carbons (Fsp3) is 0.909. The molecule has 0 spiro atoms. The largest absolute Gasteiger partial charge is 0.371 e. The molecule has 1 unspecified atom stereocenters. The smallest absolute Gasteiger partial charge is 0.0965 e. The molecule has 1 aliphatic heterocycles. The Morgan fingerprint density at radius 1 is 1.38 bits per heavy atom. The Labute approximate surface area is 81.8 Å². The van der Waals surface area contributed by atoms with Crippen LogP contribution in [-0.2, 0) is 0 Å². The van der Waals surface area contributed by atoms with Gasteiger partial charge in [0.2, 0.25) is 0 Å². The fourth-order valence-electron chi connectivity index (χ4n) is 1.78. The van der Waals surface area contributed by atoms with Crippen LogP contribution in [0.15, 0.2) is 4.99 Å². The number of aliphatic imine (C=N–C) groups is 1. The average molecular weight is 182 g/mol. The second-order valence-corrected chi connectivity index (χ2v) is 3.82. The van der Waals surface area contributed by atoms with Crippen molar-refractivity contribution in [2.24, 2.45) is 4.99 Å². The lowest BCUT2D eigenvalue weighted by molar-refractivity contribution is 0.525. The summed E-state index contributed by atoms with van der Waals surface area (Å²) in [6.45, 7) is 5.52. The minimum atomic E-state index is 0.654. The quantitative estimate of drug-likeness (QED) is 0.710. The number of nitrogens with one attached hydrogen (secondary N) is 1. The van der Waals surface area contributed by atoms with Crippen molar-refractivity contribution in [3.63, 3.8) is 0 Å². The van der Waals surface area contributed by atoms with E-state index in [2.05, 4.69) is 24.2 Å². The van der Waals surface area contributed by atoms with Gasteiger partial charge in [-0.2, -0.15) is 0 Å². The highest BCUT2D eigenvalue weighted by Gasteiger charge is 2.09. The van der Waals surface area contributed by atoms with E-state index >= 15 is 0 Å². The van der Waals surface area contributed by atoms with Gasteiger partial charge >= 0.3 is 0 Å². The van der Waals surface area contributed by atoms with Crippen LogP contribution >= 0.6 is 0 Å². The highest BCUT2D eigenvalue weighted by molar-refractivity contribution is 5.82. The lowest BCUT2D eigenvalue weighted by Crippen LogP contribution is -2.35. The Hall–Kier alpha value is -0.530. The molecule has 0 amide bonds. The molecule has 1 rings (SSSR count). The second-order valence-electron chi connectivity index (χ2n) is 3.82. The summed E-state index contributed by atoms with van der Waals surface area (Å²) in [4.78, 5) is 4.50. The number of amidine groups is 1. The normalized spacial score (nSPS) is 19.4. The molecule has 2 nitrogen and oxygen atoms in total. The highest BCUT2D eigenvalue weighted by atomic mass is 15.0. The molecule has 0 radical (unpaired) electrons. The molecule has 0 fully saturated rings. The van der Waals surface area contributed by atoms with Crippen LogP contribution in [0.3, 0.4) is 0 Å².